The zero-order chi connectivity index (χ0) is 13.1. The highest BCUT2D eigenvalue weighted by Crippen LogP contribution is 2.21. The molecule has 6 heteroatoms. The van der Waals surface area contributed by atoms with Gasteiger partial charge in [0.2, 0.25) is 0 Å². The van der Waals surface area contributed by atoms with Crippen molar-refractivity contribution in [3.05, 3.63) is 41.7 Å². The molecule has 0 saturated heterocycles. The molecule has 96 valence electrons. The van der Waals surface area contributed by atoms with Gasteiger partial charge in [-0.2, -0.15) is 5.10 Å². The summed E-state index contributed by atoms with van der Waals surface area (Å²) in [6.07, 6.45) is 4.21. The van der Waals surface area contributed by atoms with Crippen molar-refractivity contribution in [2.45, 2.75) is 6.42 Å². The maximum atomic E-state index is 13.4. The van der Waals surface area contributed by atoms with Gasteiger partial charge in [0, 0.05) is 25.5 Å². The molecule has 0 aliphatic carbocycles. The van der Waals surface area contributed by atoms with Crippen LogP contribution in [-0.4, -0.2) is 16.3 Å². The molecular formula is C12H14F2N4. The number of rotatable bonds is 4. The second-order valence-electron chi connectivity index (χ2n) is 4.06. The van der Waals surface area contributed by atoms with Crippen molar-refractivity contribution in [2.24, 2.45) is 7.05 Å². The maximum absolute atomic E-state index is 13.4. The Labute approximate surface area is 103 Å². The summed E-state index contributed by atoms with van der Waals surface area (Å²) in [5.41, 5.74) is 6.26. The van der Waals surface area contributed by atoms with Gasteiger partial charge in [0.05, 0.1) is 6.20 Å². The van der Waals surface area contributed by atoms with E-state index in [4.69, 9.17) is 5.73 Å². The van der Waals surface area contributed by atoms with Gasteiger partial charge in [-0.1, -0.05) is 0 Å². The SMILES string of the molecule is Cn1cc(CCNc2c(F)cc(N)cc2F)cn1. The number of nitrogens with two attached hydrogens (primary N) is 1. The number of halogens is 2. The van der Waals surface area contributed by atoms with Gasteiger partial charge >= 0.3 is 0 Å². The lowest BCUT2D eigenvalue weighted by molar-refractivity contribution is 0.589. The molecule has 1 heterocycles. The minimum absolute atomic E-state index is 0.0720. The number of nitrogens with one attached hydrogen (secondary N) is 1. The second-order valence-corrected chi connectivity index (χ2v) is 4.06. The zero-order valence-electron chi connectivity index (χ0n) is 9.95. The zero-order valence-corrected chi connectivity index (χ0v) is 9.95. The molecule has 0 bridgehead atoms. The number of anilines is 2. The Hall–Kier alpha value is -2.11. The van der Waals surface area contributed by atoms with Crippen LogP contribution < -0.4 is 11.1 Å². The van der Waals surface area contributed by atoms with Crippen LogP contribution in [0, 0.1) is 11.6 Å². The Morgan fingerprint density at radius 2 is 2.00 bits per heavy atom. The predicted molar refractivity (Wildman–Crippen MR) is 66.2 cm³/mol. The number of hydrogen-bond acceptors (Lipinski definition) is 3. The molecular weight excluding hydrogens is 238 g/mol. The Morgan fingerprint density at radius 3 is 2.56 bits per heavy atom. The van der Waals surface area contributed by atoms with Gasteiger partial charge in [-0.3, -0.25) is 4.68 Å². The Balaban J connectivity index is 1.98. The van der Waals surface area contributed by atoms with Gasteiger partial charge in [-0.15, -0.1) is 0 Å². The maximum Gasteiger partial charge on any atom is 0.151 e. The van der Waals surface area contributed by atoms with E-state index in [9.17, 15) is 8.78 Å². The Morgan fingerprint density at radius 1 is 1.33 bits per heavy atom. The Bertz CT molecular complexity index is 528. The summed E-state index contributed by atoms with van der Waals surface area (Å²) in [5, 5.41) is 6.74. The number of nitrogens with zero attached hydrogens (tertiary/aromatic N) is 2. The average Bonchev–Trinajstić information content (AvgIpc) is 2.68. The van der Waals surface area contributed by atoms with E-state index in [0.717, 1.165) is 17.7 Å². The second kappa shape index (κ2) is 5.03. The van der Waals surface area contributed by atoms with Crippen molar-refractivity contribution >= 4 is 11.4 Å². The van der Waals surface area contributed by atoms with Crippen LogP contribution in [0.4, 0.5) is 20.2 Å². The lowest BCUT2D eigenvalue weighted by atomic mass is 10.2. The van der Waals surface area contributed by atoms with E-state index >= 15 is 0 Å². The predicted octanol–water partition coefficient (Wildman–Crippen LogP) is 1.94. The van der Waals surface area contributed by atoms with Crippen molar-refractivity contribution in [1.29, 1.82) is 0 Å². The summed E-state index contributed by atoms with van der Waals surface area (Å²) in [7, 11) is 1.82. The third kappa shape index (κ3) is 2.77. The molecule has 0 saturated carbocycles. The Kier molecular flexibility index (Phi) is 3.45. The van der Waals surface area contributed by atoms with Gasteiger partial charge in [0.25, 0.3) is 0 Å². The third-order valence-corrected chi connectivity index (χ3v) is 2.54. The van der Waals surface area contributed by atoms with E-state index in [1.54, 1.807) is 10.9 Å². The molecule has 1 aromatic heterocycles. The van der Waals surface area contributed by atoms with E-state index < -0.39 is 11.6 Å². The third-order valence-electron chi connectivity index (χ3n) is 2.54. The number of hydrogen-bond donors (Lipinski definition) is 2. The molecule has 2 aromatic rings. The van der Waals surface area contributed by atoms with Crippen LogP contribution in [-0.2, 0) is 13.5 Å². The van der Waals surface area contributed by atoms with E-state index in [0.29, 0.717) is 13.0 Å². The van der Waals surface area contributed by atoms with E-state index in [-0.39, 0.29) is 11.4 Å². The van der Waals surface area contributed by atoms with Crippen LogP contribution in [0.3, 0.4) is 0 Å². The van der Waals surface area contributed by atoms with E-state index in [1.807, 2.05) is 13.2 Å². The van der Waals surface area contributed by atoms with Crippen molar-refractivity contribution in [3.8, 4) is 0 Å². The summed E-state index contributed by atoms with van der Waals surface area (Å²) in [6, 6.07) is 2.19. The number of nitrogen functional groups attached to an aromatic ring is 1. The van der Waals surface area contributed by atoms with Gasteiger partial charge < -0.3 is 11.1 Å². The highest BCUT2D eigenvalue weighted by molar-refractivity contribution is 5.54. The summed E-state index contributed by atoms with van der Waals surface area (Å²) in [4.78, 5) is 0. The molecule has 18 heavy (non-hydrogen) atoms. The molecule has 2 rings (SSSR count). The van der Waals surface area contributed by atoms with Crippen LogP contribution in [0.2, 0.25) is 0 Å². The molecule has 3 N–H and O–H groups in total. The quantitative estimate of drug-likeness (QED) is 0.817. The van der Waals surface area contributed by atoms with Crippen LogP contribution in [0.15, 0.2) is 24.5 Å². The first-order chi connectivity index (χ1) is 8.56. The molecule has 0 unspecified atom stereocenters. The number of benzene rings is 1. The van der Waals surface area contributed by atoms with Gasteiger partial charge in [0.15, 0.2) is 11.6 Å². The van der Waals surface area contributed by atoms with Crippen molar-refractivity contribution < 1.29 is 8.78 Å². The molecule has 0 fully saturated rings. The molecule has 0 aliphatic heterocycles. The van der Waals surface area contributed by atoms with Gasteiger partial charge in [-0.25, -0.2) is 8.78 Å². The van der Waals surface area contributed by atoms with Crippen molar-refractivity contribution in [2.75, 3.05) is 17.6 Å². The minimum Gasteiger partial charge on any atom is -0.399 e. The fourth-order valence-corrected chi connectivity index (χ4v) is 1.69. The van der Waals surface area contributed by atoms with Gasteiger partial charge in [-0.05, 0) is 24.1 Å². The molecule has 4 nitrogen and oxygen atoms in total. The first-order valence-corrected chi connectivity index (χ1v) is 5.52. The van der Waals surface area contributed by atoms with E-state index in [1.165, 1.54) is 0 Å². The first-order valence-electron chi connectivity index (χ1n) is 5.52. The van der Waals surface area contributed by atoms with Crippen LogP contribution in [0.1, 0.15) is 5.56 Å². The fraction of sp³-hybridized carbons (Fsp3) is 0.250. The highest BCUT2D eigenvalue weighted by Gasteiger charge is 2.09. The first kappa shape index (κ1) is 12.3. The standard InChI is InChI=1S/C12H14F2N4/c1-18-7-8(6-17-18)2-3-16-12-10(13)4-9(15)5-11(12)14/h4-7,16H,2-3,15H2,1H3. The summed E-state index contributed by atoms with van der Waals surface area (Å²) < 4.78 is 28.6. The highest BCUT2D eigenvalue weighted by atomic mass is 19.1. The summed E-state index contributed by atoms with van der Waals surface area (Å²) >= 11 is 0. The number of aromatic nitrogens is 2. The van der Waals surface area contributed by atoms with Crippen LogP contribution >= 0.6 is 0 Å². The molecule has 0 radical (unpaired) electrons. The van der Waals surface area contributed by atoms with Crippen LogP contribution in [0.5, 0.6) is 0 Å². The summed E-state index contributed by atoms with van der Waals surface area (Å²) in [5.74, 6) is -1.36. The topological polar surface area (TPSA) is 55.9 Å². The lowest BCUT2D eigenvalue weighted by Gasteiger charge is -2.08. The van der Waals surface area contributed by atoms with Crippen molar-refractivity contribution in [3.63, 3.8) is 0 Å². The van der Waals surface area contributed by atoms with Crippen molar-refractivity contribution in [1.82, 2.24) is 9.78 Å². The smallest absolute Gasteiger partial charge is 0.151 e. The average molecular weight is 252 g/mol. The molecule has 0 aliphatic rings. The molecule has 0 spiro atoms. The van der Waals surface area contributed by atoms with E-state index in [2.05, 4.69) is 10.4 Å². The largest absolute Gasteiger partial charge is 0.399 e. The lowest BCUT2D eigenvalue weighted by Crippen LogP contribution is -2.08. The van der Waals surface area contributed by atoms with Crippen LogP contribution in [0.25, 0.3) is 0 Å². The fourth-order valence-electron chi connectivity index (χ4n) is 1.69. The normalized spacial score (nSPS) is 10.6. The van der Waals surface area contributed by atoms with Gasteiger partial charge in [0.1, 0.15) is 5.69 Å². The molecule has 0 atom stereocenters. The number of aryl methyl sites for hydroxylation is 1. The molecule has 1 aromatic carbocycles. The summed E-state index contributed by atoms with van der Waals surface area (Å²) in [6.45, 7) is 0.420. The monoisotopic (exact) mass is 252 g/mol. The minimum atomic E-state index is -0.682. The molecule has 0 amide bonds.